The van der Waals surface area contributed by atoms with Gasteiger partial charge in [0.25, 0.3) is 0 Å². The van der Waals surface area contributed by atoms with Gasteiger partial charge in [-0.15, -0.1) is 0 Å². The van der Waals surface area contributed by atoms with Crippen molar-refractivity contribution in [2.24, 2.45) is 4.99 Å². The summed E-state index contributed by atoms with van der Waals surface area (Å²) in [7, 11) is 0. The van der Waals surface area contributed by atoms with Crippen molar-refractivity contribution in [3.05, 3.63) is 131 Å². The molecule has 0 saturated carbocycles. The van der Waals surface area contributed by atoms with Gasteiger partial charge in [0.1, 0.15) is 22.9 Å². The number of hydrogen-bond acceptors (Lipinski definition) is 4. The predicted molar refractivity (Wildman–Crippen MR) is 210 cm³/mol. The quantitative estimate of drug-likeness (QED) is 0.187. The SMILES string of the molecule is Cc1cc(Oc2ccc3c4cc(C(C)(C)C)ccc4n(-c4cc(C(C)(C)C)ccn4)c3c2)cc(C2=N[C@]3(C)C(C)(C)c4ccccc4[C@]3(C)O2)c1. The van der Waals surface area contributed by atoms with Gasteiger partial charge in [-0.05, 0) is 108 Å². The Morgan fingerprint density at radius 2 is 1.37 bits per heavy atom. The summed E-state index contributed by atoms with van der Waals surface area (Å²) in [5.74, 6) is 3.06. The van der Waals surface area contributed by atoms with E-state index in [-0.39, 0.29) is 16.2 Å². The van der Waals surface area contributed by atoms with Crippen LogP contribution in [0.25, 0.3) is 27.6 Å². The normalized spacial score (nSPS) is 21.0. The molecular weight excluding hydrogens is 627 g/mol. The lowest BCUT2D eigenvalue weighted by Gasteiger charge is -2.39. The van der Waals surface area contributed by atoms with Crippen LogP contribution in [0.3, 0.4) is 0 Å². The molecule has 4 aromatic carbocycles. The maximum atomic E-state index is 6.89. The number of pyridine rings is 1. The molecule has 0 saturated heterocycles. The molecule has 260 valence electrons. The van der Waals surface area contributed by atoms with Crippen molar-refractivity contribution in [3.63, 3.8) is 0 Å². The Labute approximate surface area is 302 Å². The zero-order chi connectivity index (χ0) is 36.3. The largest absolute Gasteiger partial charge is 0.464 e. The molecule has 5 nitrogen and oxygen atoms in total. The first-order chi connectivity index (χ1) is 23.9. The Bertz CT molecular complexity index is 2420. The minimum Gasteiger partial charge on any atom is -0.464 e. The molecule has 2 aromatic heterocycles. The van der Waals surface area contributed by atoms with Crippen molar-refractivity contribution in [1.82, 2.24) is 9.55 Å². The highest BCUT2D eigenvalue weighted by atomic mass is 16.5. The highest BCUT2D eigenvalue weighted by molar-refractivity contribution is 6.10. The van der Waals surface area contributed by atoms with E-state index in [4.69, 9.17) is 19.5 Å². The van der Waals surface area contributed by atoms with Crippen LogP contribution in [0.1, 0.15) is 103 Å². The third-order valence-corrected chi connectivity index (χ3v) is 11.9. The second-order valence-corrected chi connectivity index (χ2v) is 17.6. The zero-order valence-corrected chi connectivity index (χ0v) is 31.9. The molecule has 0 spiro atoms. The summed E-state index contributed by atoms with van der Waals surface area (Å²) >= 11 is 0. The van der Waals surface area contributed by atoms with Crippen LogP contribution in [0, 0.1) is 6.92 Å². The lowest BCUT2D eigenvalue weighted by molar-refractivity contribution is 0.0192. The molecule has 0 unspecified atom stereocenters. The molecular formula is C46H49N3O2. The van der Waals surface area contributed by atoms with Crippen LogP contribution in [-0.4, -0.2) is 21.0 Å². The van der Waals surface area contributed by atoms with Crippen molar-refractivity contribution in [2.75, 3.05) is 0 Å². The van der Waals surface area contributed by atoms with E-state index in [2.05, 4.69) is 172 Å². The minimum atomic E-state index is -0.573. The van der Waals surface area contributed by atoms with E-state index >= 15 is 0 Å². The van der Waals surface area contributed by atoms with Crippen molar-refractivity contribution in [3.8, 4) is 17.3 Å². The Balaban J connectivity index is 1.22. The highest BCUT2D eigenvalue weighted by Gasteiger charge is 2.67. The zero-order valence-electron chi connectivity index (χ0n) is 31.9. The van der Waals surface area contributed by atoms with Crippen molar-refractivity contribution in [1.29, 1.82) is 0 Å². The Morgan fingerprint density at radius 1 is 0.667 bits per heavy atom. The maximum absolute atomic E-state index is 6.89. The number of fused-ring (bicyclic) bond motifs is 6. The van der Waals surface area contributed by atoms with Crippen LogP contribution in [0.5, 0.6) is 11.5 Å². The average Bonchev–Trinajstić information content (AvgIpc) is 3.59. The number of benzene rings is 4. The van der Waals surface area contributed by atoms with E-state index in [1.165, 1.54) is 33.0 Å². The molecule has 1 aliphatic heterocycles. The van der Waals surface area contributed by atoms with E-state index in [0.717, 1.165) is 39.5 Å². The summed E-state index contributed by atoms with van der Waals surface area (Å²) in [6, 6.07) is 32.5. The lowest BCUT2D eigenvalue weighted by atomic mass is 9.69. The molecule has 0 amide bonds. The minimum absolute atomic E-state index is 0.00698. The van der Waals surface area contributed by atoms with Crippen molar-refractivity contribution < 1.29 is 9.47 Å². The molecule has 2 atom stereocenters. The first kappa shape index (κ1) is 33.3. The molecule has 8 rings (SSSR count). The summed E-state index contributed by atoms with van der Waals surface area (Å²) < 4.78 is 15.9. The fourth-order valence-corrected chi connectivity index (χ4v) is 8.36. The second kappa shape index (κ2) is 10.8. The number of aryl methyl sites for hydroxylation is 1. The molecule has 1 aliphatic carbocycles. The fourth-order valence-electron chi connectivity index (χ4n) is 8.36. The topological polar surface area (TPSA) is 48.6 Å². The first-order valence-corrected chi connectivity index (χ1v) is 18.2. The Hall–Kier alpha value is -4.90. The number of ether oxygens (including phenoxy) is 2. The van der Waals surface area contributed by atoms with Gasteiger partial charge in [0.05, 0.1) is 11.0 Å². The molecule has 0 fully saturated rings. The van der Waals surface area contributed by atoms with Crippen molar-refractivity contribution in [2.45, 2.75) is 104 Å². The predicted octanol–water partition coefficient (Wildman–Crippen LogP) is 11.6. The Kier molecular flexibility index (Phi) is 7.05. The van der Waals surface area contributed by atoms with E-state index in [1.54, 1.807) is 0 Å². The van der Waals surface area contributed by atoms with Gasteiger partial charge in [-0.3, -0.25) is 4.57 Å². The van der Waals surface area contributed by atoms with E-state index in [0.29, 0.717) is 5.90 Å². The van der Waals surface area contributed by atoms with Gasteiger partial charge < -0.3 is 9.47 Å². The molecule has 6 aromatic rings. The third kappa shape index (κ3) is 4.95. The molecule has 2 aliphatic rings. The number of rotatable bonds is 4. The van der Waals surface area contributed by atoms with Crippen molar-refractivity contribution >= 4 is 27.7 Å². The summed E-state index contributed by atoms with van der Waals surface area (Å²) in [6.45, 7) is 24.6. The first-order valence-electron chi connectivity index (χ1n) is 18.2. The van der Waals surface area contributed by atoms with Gasteiger partial charge >= 0.3 is 0 Å². The monoisotopic (exact) mass is 675 g/mol. The summed E-state index contributed by atoms with van der Waals surface area (Å²) in [4.78, 5) is 10.3. The molecule has 3 heterocycles. The van der Waals surface area contributed by atoms with Gasteiger partial charge in [0, 0.05) is 39.6 Å². The number of aromatic nitrogens is 2. The van der Waals surface area contributed by atoms with Gasteiger partial charge in [-0.1, -0.05) is 85.7 Å². The standard InChI is InChI=1S/C46H49N3O2/c1-28-22-29(41-48-46(11)44(8,9)36-14-12-13-15-37(36)45(46,10)51-41)24-33(23-28)50-32-17-18-34-35-25-30(42(2,3)4)16-19-38(35)49(39(34)27-32)40-26-31(20-21-47-40)43(5,6)7/h12-27H,1-11H3/t45-,46+/m0/s1. The third-order valence-electron chi connectivity index (χ3n) is 11.9. The number of nitrogens with zero attached hydrogens (tertiary/aromatic N) is 3. The molecule has 0 radical (unpaired) electrons. The summed E-state index contributed by atoms with van der Waals surface area (Å²) in [6.07, 6.45) is 1.92. The van der Waals surface area contributed by atoms with Crippen LogP contribution in [0.4, 0.5) is 0 Å². The smallest absolute Gasteiger partial charge is 0.217 e. The number of aliphatic imine (C=N–C) groups is 1. The molecule has 5 heteroatoms. The summed E-state index contributed by atoms with van der Waals surface area (Å²) in [5.41, 5.74) is 8.01. The molecule has 0 bridgehead atoms. The summed E-state index contributed by atoms with van der Waals surface area (Å²) in [5, 5.41) is 2.37. The fraction of sp³-hybridized carbons (Fsp3) is 0.348. The van der Waals surface area contributed by atoms with Crippen LogP contribution in [0.2, 0.25) is 0 Å². The van der Waals surface area contributed by atoms with E-state index in [1.807, 2.05) is 6.20 Å². The molecule has 51 heavy (non-hydrogen) atoms. The van der Waals surface area contributed by atoms with Crippen LogP contribution < -0.4 is 4.74 Å². The van der Waals surface area contributed by atoms with Crippen LogP contribution in [0.15, 0.2) is 102 Å². The average molecular weight is 676 g/mol. The number of hydrogen-bond donors (Lipinski definition) is 0. The molecule has 0 N–H and O–H groups in total. The van der Waals surface area contributed by atoms with Crippen LogP contribution >= 0.6 is 0 Å². The van der Waals surface area contributed by atoms with Gasteiger partial charge in [-0.25, -0.2) is 9.98 Å². The van der Waals surface area contributed by atoms with Gasteiger partial charge in [0.15, 0.2) is 5.60 Å². The van der Waals surface area contributed by atoms with Crippen LogP contribution in [-0.2, 0) is 26.6 Å². The highest BCUT2D eigenvalue weighted by Crippen LogP contribution is 2.61. The van der Waals surface area contributed by atoms with E-state index in [9.17, 15) is 0 Å². The lowest BCUT2D eigenvalue weighted by Crippen LogP contribution is -2.49. The van der Waals surface area contributed by atoms with Gasteiger partial charge in [-0.2, -0.15) is 0 Å². The van der Waals surface area contributed by atoms with E-state index < -0.39 is 11.1 Å². The van der Waals surface area contributed by atoms with Gasteiger partial charge in [0.2, 0.25) is 5.90 Å². The Morgan fingerprint density at radius 3 is 2.10 bits per heavy atom. The maximum Gasteiger partial charge on any atom is 0.217 e. The second-order valence-electron chi connectivity index (χ2n) is 17.6.